The van der Waals surface area contributed by atoms with E-state index in [0.29, 0.717) is 22.0 Å². The van der Waals surface area contributed by atoms with Gasteiger partial charge in [0.25, 0.3) is 0 Å². The van der Waals surface area contributed by atoms with Crippen LogP contribution in [0.4, 0.5) is 5.13 Å². The number of phenols is 1. The SMILES string of the molecule is CCOc1cc(/C=N\Nc2nc(-c3ccc(C)c(C)c3)cs2)cc(Br)c1O. The highest BCUT2D eigenvalue weighted by Crippen LogP contribution is 2.35. The van der Waals surface area contributed by atoms with Gasteiger partial charge in [-0.3, -0.25) is 5.43 Å². The van der Waals surface area contributed by atoms with Gasteiger partial charge >= 0.3 is 0 Å². The number of aromatic nitrogens is 1. The largest absolute Gasteiger partial charge is 0.503 e. The first kappa shape index (κ1) is 19.4. The number of aryl methyl sites for hydroxylation is 2. The van der Waals surface area contributed by atoms with E-state index in [2.05, 4.69) is 63.5 Å². The molecule has 2 N–H and O–H groups in total. The summed E-state index contributed by atoms with van der Waals surface area (Å²) < 4.78 is 5.98. The van der Waals surface area contributed by atoms with Gasteiger partial charge in [-0.1, -0.05) is 12.1 Å². The quantitative estimate of drug-likeness (QED) is 0.374. The molecule has 1 heterocycles. The molecule has 0 amide bonds. The number of nitrogens with zero attached hydrogens (tertiary/aromatic N) is 2. The van der Waals surface area contributed by atoms with Crippen molar-refractivity contribution < 1.29 is 9.84 Å². The normalized spacial score (nSPS) is 11.1. The third-order valence-corrected chi connectivity index (χ3v) is 5.38. The molecule has 0 fully saturated rings. The summed E-state index contributed by atoms with van der Waals surface area (Å²) in [6.07, 6.45) is 1.66. The minimum Gasteiger partial charge on any atom is -0.503 e. The van der Waals surface area contributed by atoms with Crippen LogP contribution in [0.1, 0.15) is 23.6 Å². The summed E-state index contributed by atoms with van der Waals surface area (Å²) in [7, 11) is 0. The molecule has 0 aliphatic heterocycles. The first-order chi connectivity index (χ1) is 13.0. The van der Waals surface area contributed by atoms with Gasteiger partial charge in [0.15, 0.2) is 11.5 Å². The fraction of sp³-hybridized carbons (Fsp3) is 0.200. The molecule has 3 aromatic rings. The number of hydrogen-bond acceptors (Lipinski definition) is 6. The number of halogens is 1. The Hall–Kier alpha value is -2.38. The van der Waals surface area contributed by atoms with E-state index in [4.69, 9.17) is 4.74 Å². The van der Waals surface area contributed by atoms with E-state index in [1.54, 1.807) is 18.3 Å². The number of hydrogen-bond donors (Lipinski definition) is 2. The summed E-state index contributed by atoms with van der Waals surface area (Å²) >= 11 is 4.82. The number of rotatable bonds is 6. The summed E-state index contributed by atoms with van der Waals surface area (Å²) in [4.78, 5) is 4.58. The summed E-state index contributed by atoms with van der Waals surface area (Å²) in [6, 6.07) is 9.82. The topological polar surface area (TPSA) is 66.7 Å². The van der Waals surface area contributed by atoms with E-state index in [1.165, 1.54) is 22.5 Å². The Balaban J connectivity index is 1.72. The molecule has 140 valence electrons. The van der Waals surface area contributed by atoms with E-state index in [-0.39, 0.29) is 5.75 Å². The molecule has 0 radical (unpaired) electrons. The number of thiazole rings is 1. The highest BCUT2D eigenvalue weighted by Gasteiger charge is 2.08. The van der Waals surface area contributed by atoms with Crippen LogP contribution in [0.5, 0.6) is 11.5 Å². The smallest absolute Gasteiger partial charge is 0.203 e. The Labute approximate surface area is 170 Å². The highest BCUT2D eigenvalue weighted by atomic mass is 79.9. The maximum absolute atomic E-state index is 9.96. The number of ether oxygens (including phenoxy) is 1. The summed E-state index contributed by atoms with van der Waals surface area (Å²) in [5.41, 5.74) is 8.28. The van der Waals surface area contributed by atoms with Crippen molar-refractivity contribution in [3.8, 4) is 22.8 Å². The maximum Gasteiger partial charge on any atom is 0.203 e. The molecule has 0 bridgehead atoms. The molecule has 0 saturated heterocycles. The van der Waals surface area contributed by atoms with Gasteiger partial charge in [-0.15, -0.1) is 11.3 Å². The molecule has 3 rings (SSSR count). The fourth-order valence-electron chi connectivity index (χ4n) is 2.45. The van der Waals surface area contributed by atoms with Crippen LogP contribution in [0, 0.1) is 13.8 Å². The van der Waals surface area contributed by atoms with E-state index >= 15 is 0 Å². The van der Waals surface area contributed by atoms with Gasteiger partial charge in [0, 0.05) is 10.9 Å². The van der Waals surface area contributed by atoms with Crippen molar-refractivity contribution in [2.75, 3.05) is 12.0 Å². The van der Waals surface area contributed by atoms with E-state index in [1.807, 2.05) is 12.3 Å². The zero-order valence-electron chi connectivity index (χ0n) is 15.3. The molecule has 0 aliphatic carbocycles. The fourth-order valence-corrected chi connectivity index (χ4v) is 3.58. The van der Waals surface area contributed by atoms with Crippen LogP contribution in [0.2, 0.25) is 0 Å². The first-order valence-corrected chi connectivity index (χ1v) is 10.1. The van der Waals surface area contributed by atoms with Crippen molar-refractivity contribution in [2.45, 2.75) is 20.8 Å². The predicted octanol–water partition coefficient (Wildman–Crippen LogP) is 5.74. The molecule has 0 spiro atoms. The van der Waals surface area contributed by atoms with Gasteiger partial charge in [-0.05, 0) is 71.6 Å². The molecular weight excluding hydrogens is 426 g/mol. The number of benzene rings is 2. The van der Waals surface area contributed by atoms with Gasteiger partial charge in [0.1, 0.15) is 0 Å². The lowest BCUT2D eigenvalue weighted by molar-refractivity contribution is 0.317. The molecule has 1 aromatic heterocycles. The second-order valence-electron chi connectivity index (χ2n) is 5.99. The van der Waals surface area contributed by atoms with Crippen LogP contribution in [-0.2, 0) is 0 Å². The number of phenolic OH excluding ortho intramolecular Hbond substituents is 1. The number of nitrogens with one attached hydrogen (secondary N) is 1. The van der Waals surface area contributed by atoms with Crippen molar-refractivity contribution in [3.05, 3.63) is 56.9 Å². The number of anilines is 1. The van der Waals surface area contributed by atoms with Crippen molar-refractivity contribution in [1.29, 1.82) is 0 Å². The lowest BCUT2D eigenvalue weighted by atomic mass is 10.1. The Morgan fingerprint density at radius 3 is 2.81 bits per heavy atom. The molecule has 0 saturated carbocycles. The number of aromatic hydroxyl groups is 1. The van der Waals surface area contributed by atoms with Crippen molar-refractivity contribution in [1.82, 2.24) is 4.98 Å². The van der Waals surface area contributed by atoms with Crippen molar-refractivity contribution in [3.63, 3.8) is 0 Å². The lowest BCUT2D eigenvalue weighted by Crippen LogP contribution is -1.95. The Morgan fingerprint density at radius 1 is 1.26 bits per heavy atom. The monoisotopic (exact) mass is 445 g/mol. The van der Waals surface area contributed by atoms with Gasteiger partial charge in [-0.2, -0.15) is 5.10 Å². The Bertz CT molecular complexity index is 985. The van der Waals surface area contributed by atoms with Crippen LogP contribution < -0.4 is 10.2 Å². The zero-order valence-corrected chi connectivity index (χ0v) is 17.7. The van der Waals surface area contributed by atoms with Crippen LogP contribution in [0.3, 0.4) is 0 Å². The minimum atomic E-state index is 0.0833. The Morgan fingerprint density at radius 2 is 2.07 bits per heavy atom. The predicted molar refractivity (Wildman–Crippen MR) is 115 cm³/mol. The van der Waals surface area contributed by atoms with E-state index < -0.39 is 0 Å². The van der Waals surface area contributed by atoms with Crippen molar-refractivity contribution in [2.24, 2.45) is 5.10 Å². The summed E-state index contributed by atoms with van der Waals surface area (Å²) in [6.45, 7) is 6.53. The first-order valence-electron chi connectivity index (χ1n) is 8.45. The molecule has 27 heavy (non-hydrogen) atoms. The zero-order chi connectivity index (χ0) is 19.4. The third-order valence-electron chi connectivity index (χ3n) is 4.03. The highest BCUT2D eigenvalue weighted by molar-refractivity contribution is 9.10. The van der Waals surface area contributed by atoms with Crippen molar-refractivity contribution >= 4 is 38.6 Å². The summed E-state index contributed by atoms with van der Waals surface area (Å²) in [5.74, 6) is 0.500. The van der Waals surface area contributed by atoms with Gasteiger partial charge < -0.3 is 9.84 Å². The minimum absolute atomic E-state index is 0.0833. The third kappa shape index (κ3) is 4.67. The van der Waals surface area contributed by atoms with E-state index in [9.17, 15) is 5.11 Å². The molecule has 5 nitrogen and oxygen atoms in total. The molecule has 2 aromatic carbocycles. The van der Waals surface area contributed by atoms with Crippen LogP contribution in [0.25, 0.3) is 11.3 Å². The number of hydrazone groups is 1. The van der Waals surface area contributed by atoms with Crippen LogP contribution >= 0.6 is 27.3 Å². The van der Waals surface area contributed by atoms with E-state index in [0.717, 1.165) is 16.8 Å². The van der Waals surface area contributed by atoms with Gasteiger partial charge in [-0.25, -0.2) is 4.98 Å². The van der Waals surface area contributed by atoms with Crippen LogP contribution in [-0.4, -0.2) is 22.9 Å². The molecule has 0 unspecified atom stereocenters. The maximum atomic E-state index is 9.96. The lowest BCUT2D eigenvalue weighted by Gasteiger charge is -2.08. The van der Waals surface area contributed by atoms with Gasteiger partial charge in [0.05, 0.1) is 23.0 Å². The average Bonchev–Trinajstić information content (AvgIpc) is 3.10. The van der Waals surface area contributed by atoms with Crippen LogP contribution in [0.15, 0.2) is 45.3 Å². The Kier molecular flexibility index (Phi) is 6.13. The second kappa shape index (κ2) is 8.54. The standard InChI is InChI=1S/C20H20BrN3O2S/c1-4-26-18-9-14(8-16(21)19(18)25)10-22-24-20-23-17(11-27-20)15-6-5-12(2)13(3)7-15/h5-11,25H,4H2,1-3H3,(H,23,24)/b22-10-. The molecular formula is C20H20BrN3O2S. The molecule has 0 aliphatic rings. The molecule has 7 heteroatoms. The average molecular weight is 446 g/mol. The van der Waals surface area contributed by atoms with Gasteiger partial charge in [0.2, 0.25) is 5.13 Å². The molecule has 0 atom stereocenters. The summed E-state index contributed by atoms with van der Waals surface area (Å²) in [5, 5.41) is 16.9. The second-order valence-corrected chi connectivity index (χ2v) is 7.70.